The molecule has 0 amide bonds. The number of nitrogens with two attached hydrogens (primary N) is 2. The molecule has 0 bridgehead atoms. The lowest BCUT2D eigenvalue weighted by Crippen LogP contribution is -2.96. The molecule has 1 aliphatic carbocycles. The fourth-order valence-corrected chi connectivity index (χ4v) is 14.7. The van der Waals surface area contributed by atoms with Gasteiger partial charge >= 0.3 is 0 Å². The van der Waals surface area contributed by atoms with Crippen LogP contribution in [0, 0.1) is 0 Å². The average Bonchev–Trinajstić information content (AvgIpc) is 3.43. The van der Waals surface area contributed by atoms with Gasteiger partial charge in [-0.3, -0.25) is 0 Å². The fraction of sp³-hybridized carbons (Fsp3) is 0.429. The van der Waals surface area contributed by atoms with Gasteiger partial charge in [0.1, 0.15) is 0 Å². The van der Waals surface area contributed by atoms with Gasteiger partial charge < -0.3 is 11.5 Å². The molecule has 2 nitrogen and oxygen atoms in total. The molecule has 2 aromatic carbocycles. The Morgan fingerprint density at radius 1 is 0.318 bits per heavy atom. The lowest BCUT2D eigenvalue weighted by molar-refractivity contribution is 0.442. The van der Waals surface area contributed by atoms with Crippen LogP contribution in [0.3, 0.4) is 0 Å². The van der Waals surface area contributed by atoms with Crippen molar-refractivity contribution in [2.45, 2.75) is 43.8 Å². The molecule has 85 heavy (non-hydrogen) atoms. The molecule has 4 N–H and O–H groups in total. The molecule has 0 heterocycles. The zero-order valence-corrected chi connectivity index (χ0v) is 50.3. The molecule has 1 fully saturated rings. The van der Waals surface area contributed by atoms with Crippen LogP contribution in [0.25, 0.3) is 0 Å². The van der Waals surface area contributed by atoms with E-state index in [1.54, 1.807) is 0 Å². The van der Waals surface area contributed by atoms with Gasteiger partial charge in [0.05, 0.1) is 0 Å². The molecule has 0 saturated heterocycles. The smallest absolute Gasteiger partial charge is 0.0491 e. The highest BCUT2D eigenvalue weighted by Gasteiger charge is 2.64. The summed E-state index contributed by atoms with van der Waals surface area (Å²) in [5.74, 6) is -0.513. The second-order valence-corrected chi connectivity index (χ2v) is 23.5. The van der Waals surface area contributed by atoms with E-state index in [2.05, 4.69) is 47.9 Å². The standard InChI is InChI=1S/C19H21B62.2CH5N/c20-51-69(55(25)26)78(73(58(31)32)59(33)34)71(79(80(74(60(35)36)61(37)38)75(62(39)40)63(41)42)81(76(64(43)44)65(45)46)77(66(47)48)68(50)54(23)24)52(70(67(49)53(21)22)72(56(27)28)57(29)30)19-12-10-18(11-13-19)17-8-6-16(7-9-17)14-15-4-2-1-3-5-15;2*1-2/h1-9,18-19H,10-14H2;2*2H2,1H3. The van der Waals surface area contributed by atoms with E-state index in [-0.39, 0.29) is 5.92 Å². The van der Waals surface area contributed by atoms with Gasteiger partial charge in [-0.1, -0.05) is 73.3 Å². The van der Waals surface area contributed by atoms with E-state index in [1.807, 2.05) is 18.2 Å². The van der Waals surface area contributed by atoms with Gasteiger partial charge in [-0.05, 0) is 56.0 Å². The molecule has 2 aromatic rings. The normalized spacial score (nSPS) is 12.6. The highest BCUT2D eigenvalue weighted by atomic mass is 14.4. The fourth-order valence-electron chi connectivity index (χ4n) is 14.7. The maximum Gasteiger partial charge on any atom is 0.0491 e. The van der Waals surface area contributed by atoms with Crippen LogP contribution in [0.4, 0.5) is 0 Å². The zero-order valence-electron chi connectivity index (χ0n) is 50.3. The van der Waals surface area contributed by atoms with E-state index in [1.165, 1.54) is 26.7 Å². The molecule has 64 heteroatoms. The lowest BCUT2D eigenvalue weighted by atomic mass is 8.24. The lowest BCUT2D eigenvalue weighted by Gasteiger charge is -2.59. The first-order valence-electron chi connectivity index (χ1n) is 29.2. The maximum absolute atomic E-state index is 7.47. The highest BCUT2D eigenvalue weighted by molar-refractivity contribution is 8.36. The third kappa shape index (κ3) is 23.9. The predicted molar refractivity (Wildman–Crippen MR) is 458 cm³/mol. The minimum atomic E-state index is -1.49. The Labute approximate surface area is 574 Å². The number of rotatable bonds is 34. The first kappa shape index (κ1) is 85.4. The Morgan fingerprint density at radius 2 is 0.612 bits per heavy atom. The summed E-state index contributed by atoms with van der Waals surface area (Å²) in [4.78, 5) is 0. The van der Waals surface area contributed by atoms with Crippen LogP contribution in [0.1, 0.15) is 48.3 Å². The second kappa shape index (κ2) is 42.0. The van der Waals surface area contributed by atoms with Crippen molar-refractivity contribution in [3.63, 3.8) is 0 Å². The molecule has 1 saturated carbocycles. The molecule has 0 atom stereocenters. The molecular formula is C21H31B62N2. The van der Waals surface area contributed by atoms with Crippen molar-refractivity contribution in [3.8, 4) is 0 Å². The quantitative estimate of drug-likeness (QED) is 0.0687. The summed E-state index contributed by atoms with van der Waals surface area (Å²) in [7, 11) is 218. The number of benzene rings is 2. The Morgan fingerprint density at radius 3 is 0.929 bits per heavy atom. The van der Waals surface area contributed by atoms with Gasteiger partial charge in [-0.25, -0.2) is 0 Å². The monoisotopic (exact) mass is 994 g/mol. The van der Waals surface area contributed by atoms with Gasteiger partial charge in [0.25, 0.3) is 0 Å². The molecule has 0 unspecified atom stereocenters. The summed E-state index contributed by atoms with van der Waals surface area (Å²) in [6, 6.07) is 18.7. The van der Waals surface area contributed by atoms with E-state index in [9.17, 15) is 0 Å². The van der Waals surface area contributed by atoms with E-state index in [4.69, 9.17) is 240 Å². The van der Waals surface area contributed by atoms with Gasteiger partial charge in [0.15, 0.2) is 0 Å². The summed E-state index contributed by atoms with van der Waals surface area (Å²) in [5, 5.41) is 0. The van der Waals surface area contributed by atoms with Crippen molar-refractivity contribution in [2.75, 3.05) is 14.1 Å². The SMILES string of the molecule is CN.CN.[B][B]B(B([B])[B])B(B(B([B])[B])B([B])[B])B(B(B(B(B([B])[B])B([B])[B])B(B([B])[B])B([B])[B])B(B(B([B])[B])B([B])[B])B(B([B])[B])B([B])B([B])[B])B(B(B([B])B([B])[B])B(B([B])[B])B([B])[B])C1CCC(c2ccc(Cc3ccccc3)cc2)CC1. The van der Waals surface area contributed by atoms with E-state index in [0.717, 1.165) is 17.5 Å². The zero-order chi connectivity index (χ0) is 65.8. The van der Waals surface area contributed by atoms with Crippen molar-refractivity contribution in [2.24, 2.45) is 11.5 Å². The molecule has 0 aliphatic heterocycles. The molecule has 63 radical (unpaired) electrons. The van der Waals surface area contributed by atoms with E-state index in [0.29, 0.717) is 25.7 Å². The van der Waals surface area contributed by atoms with Crippen LogP contribution in [0.2, 0.25) is 5.82 Å². The summed E-state index contributed by atoms with van der Waals surface area (Å²) in [6.45, 7) is -1.06. The average molecular weight is 982 g/mol. The first-order valence-corrected chi connectivity index (χ1v) is 29.2. The van der Waals surface area contributed by atoms with Gasteiger partial charge in [0, 0.05) is 439 Å². The van der Waals surface area contributed by atoms with Crippen molar-refractivity contribution in [1.29, 1.82) is 0 Å². The van der Waals surface area contributed by atoms with E-state index >= 15 is 0 Å². The van der Waals surface area contributed by atoms with Gasteiger partial charge in [-0.2, -0.15) is 0 Å². The summed E-state index contributed by atoms with van der Waals surface area (Å²) in [6.07, 6.45) is -36.8. The minimum Gasteiger partial charge on any atom is -0.333 e. The first-order chi connectivity index (χ1) is 39.7. The van der Waals surface area contributed by atoms with Crippen LogP contribution in [0.5, 0.6) is 0 Å². The van der Waals surface area contributed by atoms with Crippen LogP contribution in [0.15, 0.2) is 54.6 Å². The Hall–Kier alpha value is 2.39. The number of hydrogen-bond donors (Lipinski definition) is 2. The second-order valence-electron chi connectivity index (χ2n) is 23.5. The van der Waals surface area contributed by atoms with Gasteiger partial charge in [0.2, 0.25) is 0 Å². The molecule has 3 rings (SSSR count). The third-order valence-corrected chi connectivity index (χ3v) is 18.1. The highest BCUT2D eigenvalue weighted by Crippen LogP contribution is 2.43. The largest absolute Gasteiger partial charge is 0.333 e. The van der Waals surface area contributed by atoms with Crippen LogP contribution < -0.4 is 11.5 Å². The Bertz CT molecular complexity index is 1960. The van der Waals surface area contributed by atoms with Crippen molar-refractivity contribution >= 4 is 439 Å². The molecule has 1 aliphatic rings. The molecule has 0 spiro atoms. The summed E-state index contributed by atoms with van der Waals surface area (Å²) in [5.41, 5.74) is 12.4. The topological polar surface area (TPSA) is 52.0 Å². The van der Waals surface area contributed by atoms with Crippen LogP contribution in [-0.4, -0.2) is 453 Å². The molecule has 311 valence electrons. The Balaban J connectivity index is 0.00000883. The van der Waals surface area contributed by atoms with Crippen LogP contribution in [-0.2, 0) is 6.42 Å². The van der Waals surface area contributed by atoms with Gasteiger partial charge in [-0.15, -0.1) is 0 Å². The van der Waals surface area contributed by atoms with E-state index < -0.39 is 197 Å². The molecular weight excluding hydrogens is 951 g/mol. The molecule has 0 aromatic heterocycles. The summed E-state index contributed by atoms with van der Waals surface area (Å²) >= 11 is 0. The predicted octanol–water partition coefficient (Wildman–Crippen LogP) is -19.2. The Kier molecular flexibility index (Phi) is 42.2. The van der Waals surface area contributed by atoms with Crippen LogP contribution >= 0.6 is 0 Å². The number of hydrogen-bond acceptors (Lipinski definition) is 2. The van der Waals surface area contributed by atoms with Crippen molar-refractivity contribution in [1.82, 2.24) is 0 Å². The summed E-state index contributed by atoms with van der Waals surface area (Å²) < 4.78 is 0. The van der Waals surface area contributed by atoms with Crippen molar-refractivity contribution < 1.29 is 0 Å². The minimum absolute atomic E-state index is 0.0277. The van der Waals surface area contributed by atoms with Crippen molar-refractivity contribution in [3.05, 3.63) is 71.3 Å². The third-order valence-electron chi connectivity index (χ3n) is 18.1. The maximum atomic E-state index is 7.47.